The average molecular weight is 416 g/mol. The van der Waals surface area contributed by atoms with Crippen LogP contribution in [0.3, 0.4) is 0 Å². The van der Waals surface area contributed by atoms with Crippen molar-refractivity contribution in [1.29, 1.82) is 0 Å². The fourth-order valence-electron chi connectivity index (χ4n) is 3.25. The molecular formula is C21H22BrNO3. The standard InChI is InChI=1S/C21H22BrNO3/c1-4-12(2)13-5-7-18-15(9-13)16(11-20(24)25)21(23-18)17-10-14(22)6-8-19(17)26-3/h5-10,12,23H,4,11H2,1-3H3,(H,24,25). The molecule has 0 aliphatic carbocycles. The highest BCUT2D eigenvalue weighted by molar-refractivity contribution is 9.10. The summed E-state index contributed by atoms with van der Waals surface area (Å²) < 4.78 is 6.41. The second kappa shape index (κ2) is 7.54. The molecule has 1 unspecified atom stereocenters. The largest absolute Gasteiger partial charge is 0.496 e. The van der Waals surface area contributed by atoms with Gasteiger partial charge in [0.15, 0.2) is 0 Å². The molecule has 0 bridgehead atoms. The molecule has 0 spiro atoms. The van der Waals surface area contributed by atoms with Gasteiger partial charge in [-0.15, -0.1) is 0 Å². The van der Waals surface area contributed by atoms with Gasteiger partial charge in [0.25, 0.3) is 0 Å². The summed E-state index contributed by atoms with van der Waals surface area (Å²) in [5, 5.41) is 10.4. The number of methoxy groups -OCH3 is 1. The van der Waals surface area contributed by atoms with Crippen molar-refractivity contribution in [3.8, 4) is 17.0 Å². The van der Waals surface area contributed by atoms with Crippen LogP contribution in [0, 0.1) is 0 Å². The number of benzene rings is 2. The number of nitrogens with one attached hydrogen (secondary N) is 1. The van der Waals surface area contributed by atoms with E-state index in [0.29, 0.717) is 11.7 Å². The van der Waals surface area contributed by atoms with Crippen molar-refractivity contribution in [3.05, 3.63) is 52.0 Å². The first-order valence-electron chi connectivity index (χ1n) is 8.64. The number of carboxylic acid groups (broad SMARTS) is 1. The Morgan fingerprint density at radius 1 is 1.27 bits per heavy atom. The molecule has 136 valence electrons. The molecule has 0 saturated carbocycles. The molecule has 0 fully saturated rings. The highest BCUT2D eigenvalue weighted by Gasteiger charge is 2.19. The van der Waals surface area contributed by atoms with Gasteiger partial charge in [0.05, 0.1) is 19.2 Å². The molecule has 2 N–H and O–H groups in total. The minimum Gasteiger partial charge on any atom is -0.496 e. The topological polar surface area (TPSA) is 62.3 Å². The summed E-state index contributed by atoms with van der Waals surface area (Å²) in [7, 11) is 1.62. The third-order valence-corrected chi connectivity index (χ3v) is 5.36. The highest BCUT2D eigenvalue weighted by atomic mass is 79.9. The normalized spacial score (nSPS) is 12.3. The smallest absolute Gasteiger partial charge is 0.307 e. The summed E-state index contributed by atoms with van der Waals surface area (Å²) in [6.45, 7) is 4.34. The minimum absolute atomic E-state index is 0.0467. The Morgan fingerprint density at radius 2 is 2.04 bits per heavy atom. The van der Waals surface area contributed by atoms with Gasteiger partial charge in [0, 0.05) is 20.9 Å². The van der Waals surface area contributed by atoms with Crippen molar-refractivity contribution in [2.24, 2.45) is 0 Å². The van der Waals surface area contributed by atoms with Gasteiger partial charge < -0.3 is 14.8 Å². The van der Waals surface area contributed by atoms with Crippen LogP contribution < -0.4 is 4.74 Å². The van der Waals surface area contributed by atoms with E-state index in [4.69, 9.17) is 4.74 Å². The molecule has 4 nitrogen and oxygen atoms in total. The molecule has 0 aliphatic heterocycles. The minimum atomic E-state index is -0.852. The summed E-state index contributed by atoms with van der Waals surface area (Å²) in [6, 6.07) is 12.0. The maximum Gasteiger partial charge on any atom is 0.307 e. The lowest BCUT2D eigenvalue weighted by Gasteiger charge is -2.10. The lowest BCUT2D eigenvalue weighted by molar-refractivity contribution is -0.136. The van der Waals surface area contributed by atoms with Crippen molar-refractivity contribution >= 4 is 32.8 Å². The summed E-state index contributed by atoms with van der Waals surface area (Å²) in [6.07, 6.45) is 0.992. The molecule has 0 aliphatic rings. The Kier molecular flexibility index (Phi) is 5.37. The van der Waals surface area contributed by atoms with Gasteiger partial charge in [-0.2, -0.15) is 0 Å². The van der Waals surface area contributed by atoms with Crippen LogP contribution in [-0.4, -0.2) is 23.2 Å². The number of aliphatic carboxylic acids is 1. The quantitative estimate of drug-likeness (QED) is 0.538. The number of fused-ring (bicyclic) bond motifs is 1. The predicted octanol–water partition coefficient (Wildman–Crippen LogP) is 5.75. The van der Waals surface area contributed by atoms with Gasteiger partial charge in [0.1, 0.15) is 5.75 Å². The fourth-order valence-corrected chi connectivity index (χ4v) is 3.61. The Bertz CT molecular complexity index is 961. The molecular weight excluding hydrogens is 394 g/mol. The number of hydrogen-bond acceptors (Lipinski definition) is 2. The SMILES string of the molecule is CCC(C)c1ccc2[nH]c(-c3cc(Br)ccc3OC)c(CC(=O)O)c2c1. The van der Waals surface area contributed by atoms with Crippen LogP contribution in [0.4, 0.5) is 0 Å². The van der Waals surface area contributed by atoms with E-state index in [1.165, 1.54) is 5.56 Å². The zero-order valence-corrected chi connectivity index (χ0v) is 16.7. The van der Waals surface area contributed by atoms with E-state index in [1.807, 2.05) is 24.3 Å². The third-order valence-electron chi connectivity index (χ3n) is 4.87. The molecule has 5 heteroatoms. The Balaban J connectivity index is 2.28. The molecule has 1 heterocycles. The van der Waals surface area contributed by atoms with Gasteiger partial charge in [0.2, 0.25) is 0 Å². The second-order valence-electron chi connectivity index (χ2n) is 6.51. The molecule has 1 aromatic heterocycles. The van der Waals surface area contributed by atoms with Crippen molar-refractivity contribution in [2.75, 3.05) is 7.11 Å². The van der Waals surface area contributed by atoms with Crippen LogP contribution in [0.25, 0.3) is 22.2 Å². The number of H-pyrrole nitrogens is 1. The molecule has 2 aromatic carbocycles. The fraction of sp³-hybridized carbons (Fsp3) is 0.286. The first-order valence-corrected chi connectivity index (χ1v) is 9.44. The molecule has 0 saturated heterocycles. The number of rotatable bonds is 6. The predicted molar refractivity (Wildman–Crippen MR) is 108 cm³/mol. The number of carbonyl (C=O) groups is 1. The van der Waals surface area contributed by atoms with Crippen molar-refractivity contribution in [1.82, 2.24) is 4.98 Å². The van der Waals surface area contributed by atoms with Crippen molar-refractivity contribution in [2.45, 2.75) is 32.6 Å². The van der Waals surface area contributed by atoms with Crippen LogP contribution in [0.5, 0.6) is 5.75 Å². The van der Waals surface area contributed by atoms with E-state index < -0.39 is 5.97 Å². The van der Waals surface area contributed by atoms with Crippen LogP contribution >= 0.6 is 15.9 Å². The average Bonchev–Trinajstić information content (AvgIpc) is 2.98. The van der Waals surface area contributed by atoms with Gasteiger partial charge >= 0.3 is 5.97 Å². The molecule has 0 radical (unpaired) electrons. The van der Waals surface area contributed by atoms with E-state index in [2.05, 4.69) is 46.9 Å². The van der Waals surface area contributed by atoms with Crippen LogP contribution in [0.15, 0.2) is 40.9 Å². The molecule has 1 atom stereocenters. The van der Waals surface area contributed by atoms with E-state index >= 15 is 0 Å². The van der Waals surface area contributed by atoms with Crippen molar-refractivity contribution < 1.29 is 14.6 Å². The summed E-state index contributed by atoms with van der Waals surface area (Å²) in [4.78, 5) is 14.9. The number of carboxylic acids is 1. The zero-order chi connectivity index (χ0) is 18.8. The molecule has 3 rings (SSSR count). The zero-order valence-electron chi connectivity index (χ0n) is 15.1. The van der Waals surface area contributed by atoms with Crippen LogP contribution in [0.2, 0.25) is 0 Å². The molecule has 3 aromatic rings. The van der Waals surface area contributed by atoms with Gasteiger partial charge in [-0.1, -0.05) is 35.8 Å². The summed E-state index contributed by atoms with van der Waals surface area (Å²) in [5.74, 6) is 0.277. The highest BCUT2D eigenvalue weighted by Crippen LogP contribution is 2.38. The maximum atomic E-state index is 11.5. The Hall–Kier alpha value is -2.27. The first-order chi connectivity index (χ1) is 12.4. The van der Waals surface area contributed by atoms with E-state index in [9.17, 15) is 9.90 Å². The first kappa shape index (κ1) is 18.5. The number of aromatic amines is 1. The Morgan fingerprint density at radius 3 is 2.69 bits per heavy atom. The number of ether oxygens (including phenoxy) is 1. The lowest BCUT2D eigenvalue weighted by atomic mass is 9.95. The lowest BCUT2D eigenvalue weighted by Crippen LogP contribution is -2.01. The van der Waals surface area contributed by atoms with Crippen molar-refractivity contribution in [3.63, 3.8) is 0 Å². The van der Waals surface area contributed by atoms with Gasteiger partial charge in [-0.05, 0) is 53.8 Å². The monoisotopic (exact) mass is 415 g/mol. The number of aromatic nitrogens is 1. The van der Waals surface area contributed by atoms with Gasteiger partial charge in [-0.3, -0.25) is 4.79 Å². The molecule has 0 amide bonds. The third kappa shape index (κ3) is 3.49. The second-order valence-corrected chi connectivity index (χ2v) is 7.42. The maximum absolute atomic E-state index is 11.5. The van der Waals surface area contributed by atoms with E-state index in [0.717, 1.165) is 38.6 Å². The summed E-state index contributed by atoms with van der Waals surface area (Å²) >= 11 is 3.50. The number of hydrogen-bond donors (Lipinski definition) is 2. The van der Waals surface area contributed by atoms with E-state index in [1.54, 1.807) is 7.11 Å². The van der Waals surface area contributed by atoms with Crippen LogP contribution in [0.1, 0.15) is 37.3 Å². The van der Waals surface area contributed by atoms with Gasteiger partial charge in [-0.25, -0.2) is 0 Å². The van der Waals surface area contributed by atoms with Crippen LogP contribution in [-0.2, 0) is 11.2 Å². The van der Waals surface area contributed by atoms with E-state index in [-0.39, 0.29) is 6.42 Å². The summed E-state index contributed by atoms with van der Waals surface area (Å²) in [5.41, 5.74) is 4.58. The molecule has 26 heavy (non-hydrogen) atoms. The number of halogens is 1. The Labute approximate surface area is 161 Å².